The van der Waals surface area contributed by atoms with Crippen molar-refractivity contribution < 1.29 is 4.74 Å². The highest BCUT2D eigenvalue weighted by atomic mass is 16.5. The number of hydrogen-bond donors (Lipinski definition) is 2. The highest BCUT2D eigenvalue weighted by molar-refractivity contribution is 5.42. The Morgan fingerprint density at radius 3 is 2.60 bits per heavy atom. The lowest BCUT2D eigenvalue weighted by atomic mass is 9.93. The molecule has 3 aromatic rings. The minimum Gasteiger partial charge on any atom is -0.494 e. The molecule has 0 bridgehead atoms. The van der Waals surface area contributed by atoms with E-state index in [9.17, 15) is 0 Å². The van der Waals surface area contributed by atoms with E-state index in [1.54, 1.807) is 0 Å². The van der Waals surface area contributed by atoms with Crippen molar-refractivity contribution in [1.29, 1.82) is 0 Å². The van der Waals surface area contributed by atoms with Gasteiger partial charge in [-0.25, -0.2) is 4.68 Å². The Morgan fingerprint density at radius 2 is 1.88 bits per heavy atom. The van der Waals surface area contributed by atoms with E-state index in [4.69, 9.17) is 10.5 Å². The average Bonchev–Trinajstić information content (AvgIpc) is 3.03. The molecule has 0 radical (unpaired) electrons. The van der Waals surface area contributed by atoms with Crippen LogP contribution in [0.2, 0.25) is 0 Å². The van der Waals surface area contributed by atoms with Crippen molar-refractivity contribution in [2.75, 3.05) is 17.7 Å². The number of ether oxygens (including phenoxy) is 1. The second-order valence-corrected chi connectivity index (χ2v) is 6.10. The zero-order chi connectivity index (χ0) is 17.2. The molecule has 0 saturated heterocycles. The van der Waals surface area contributed by atoms with E-state index < -0.39 is 0 Å². The zero-order valence-corrected chi connectivity index (χ0v) is 14.1. The summed E-state index contributed by atoms with van der Waals surface area (Å²) in [6.07, 6.45) is 0.869. The Labute approximate surface area is 146 Å². The molecule has 3 N–H and O–H groups in total. The fourth-order valence-electron chi connectivity index (χ4n) is 3.33. The normalized spacial score (nSPS) is 19.1. The molecule has 1 aromatic heterocycles. The summed E-state index contributed by atoms with van der Waals surface area (Å²) in [4.78, 5) is 4.34. The van der Waals surface area contributed by atoms with Crippen LogP contribution < -0.4 is 15.8 Å². The quantitative estimate of drug-likeness (QED) is 0.764. The molecule has 0 saturated carbocycles. The molecular formula is C19H21N5O. The van der Waals surface area contributed by atoms with Crippen LogP contribution in [-0.4, -0.2) is 21.4 Å². The van der Waals surface area contributed by atoms with E-state index in [1.165, 1.54) is 5.56 Å². The summed E-state index contributed by atoms with van der Waals surface area (Å²) < 4.78 is 7.42. The third-order valence-corrected chi connectivity index (χ3v) is 4.48. The van der Waals surface area contributed by atoms with Crippen molar-refractivity contribution >= 4 is 11.9 Å². The number of nitrogens with one attached hydrogen (secondary N) is 1. The van der Waals surface area contributed by atoms with Crippen molar-refractivity contribution in [2.45, 2.75) is 25.4 Å². The third kappa shape index (κ3) is 3.03. The largest absolute Gasteiger partial charge is 0.494 e. The van der Waals surface area contributed by atoms with Gasteiger partial charge in [0.25, 0.3) is 0 Å². The first kappa shape index (κ1) is 15.5. The second kappa shape index (κ2) is 6.47. The molecule has 0 fully saturated rings. The van der Waals surface area contributed by atoms with Gasteiger partial charge in [-0.15, -0.1) is 5.10 Å². The number of nitrogens with zero attached hydrogens (tertiary/aromatic N) is 3. The predicted octanol–water partition coefficient (Wildman–Crippen LogP) is 3.41. The number of aromatic nitrogens is 3. The van der Waals surface area contributed by atoms with E-state index >= 15 is 0 Å². The summed E-state index contributed by atoms with van der Waals surface area (Å²) in [7, 11) is 0. The Balaban J connectivity index is 1.69. The molecule has 2 aromatic carbocycles. The molecule has 0 unspecified atom stereocenters. The lowest BCUT2D eigenvalue weighted by Crippen LogP contribution is -2.28. The fourth-order valence-corrected chi connectivity index (χ4v) is 3.33. The standard InChI is InChI=1S/C19H21N5O/c1-2-25-15-10-8-14(9-11-15)17-12-16(13-6-4-3-5-7-13)21-19-22-18(20)23-24(17)19/h3-11,16-17H,2,12H2,1H3,(H3,20,21,22,23)/t16-,17+/m1/s1. The van der Waals surface area contributed by atoms with Gasteiger partial charge in [-0.3, -0.25) is 0 Å². The van der Waals surface area contributed by atoms with Gasteiger partial charge in [0.15, 0.2) is 0 Å². The molecule has 2 heterocycles. The minimum atomic E-state index is 0.0712. The predicted molar refractivity (Wildman–Crippen MR) is 97.6 cm³/mol. The molecule has 128 valence electrons. The van der Waals surface area contributed by atoms with Crippen LogP contribution in [0.5, 0.6) is 5.75 Å². The molecule has 25 heavy (non-hydrogen) atoms. The third-order valence-electron chi connectivity index (χ3n) is 4.48. The van der Waals surface area contributed by atoms with Gasteiger partial charge in [-0.1, -0.05) is 42.5 Å². The Morgan fingerprint density at radius 1 is 1.12 bits per heavy atom. The van der Waals surface area contributed by atoms with Gasteiger partial charge in [0.05, 0.1) is 18.7 Å². The van der Waals surface area contributed by atoms with Crippen LogP contribution in [0, 0.1) is 0 Å². The van der Waals surface area contributed by atoms with Gasteiger partial charge in [-0.2, -0.15) is 4.98 Å². The number of hydrogen-bond acceptors (Lipinski definition) is 5. The topological polar surface area (TPSA) is 78.0 Å². The molecule has 0 amide bonds. The van der Waals surface area contributed by atoms with E-state index in [2.05, 4.69) is 51.8 Å². The summed E-state index contributed by atoms with van der Waals surface area (Å²) >= 11 is 0. The highest BCUT2D eigenvalue weighted by Crippen LogP contribution is 2.38. The number of anilines is 2. The average molecular weight is 335 g/mol. The molecular weight excluding hydrogens is 314 g/mol. The summed E-state index contributed by atoms with van der Waals surface area (Å²) in [5.74, 6) is 1.86. The molecule has 4 rings (SSSR count). The number of nitrogens with two attached hydrogens (primary N) is 1. The van der Waals surface area contributed by atoms with Crippen LogP contribution in [-0.2, 0) is 0 Å². The van der Waals surface area contributed by atoms with Crippen molar-refractivity contribution in [3.8, 4) is 5.75 Å². The highest BCUT2D eigenvalue weighted by Gasteiger charge is 2.30. The van der Waals surface area contributed by atoms with E-state index in [0.717, 1.165) is 17.7 Å². The SMILES string of the molecule is CCOc1ccc([C@@H]2C[C@H](c3ccccc3)Nc3nc(N)nn32)cc1. The number of rotatable bonds is 4. The first-order chi connectivity index (χ1) is 12.2. The van der Waals surface area contributed by atoms with Crippen molar-refractivity contribution in [2.24, 2.45) is 0 Å². The van der Waals surface area contributed by atoms with Crippen LogP contribution in [0.1, 0.15) is 36.6 Å². The summed E-state index contributed by atoms with van der Waals surface area (Å²) in [5, 5.41) is 7.84. The number of nitrogen functional groups attached to an aromatic ring is 1. The zero-order valence-electron chi connectivity index (χ0n) is 14.1. The smallest absolute Gasteiger partial charge is 0.241 e. The van der Waals surface area contributed by atoms with Gasteiger partial charge in [-0.05, 0) is 36.6 Å². The molecule has 2 atom stereocenters. The van der Waals surface area contributed by atoms with Crippen molar-refractivity contribution in [3.63, 3.8) is 0 Å². The monoisotopic (exact) mass is 335 g/mol. The molecule has 1 aliphatic rings. The Kier molecular flexibility index (Phi) is 4.01. The van der Waals surface area contributed by atoms with Gasteiger partial charge in [0.2, 0.25) is 11.9 Å². The van der Waals surface area contributed by atoms with Crippen LogP contribution in [0.3, 0.4) is 0 Å². The first-order valence-corrected chi connectivity index (χ1v) is 8.51. The fraction of sp³-hybridized carbons (Fsp3) is 0.263. The van der Waals surface area contributed by atoms with Crippen LogP contribution in [0.15, 0.2) is 54.6 Å². The molecule has 0 spiro atoms. The number of fused-ring (bicyclic) bond motifs is 1. The second-order valence-electron chi connectivity index (χ2n) is 6.10. The van der Waals surface area contributed by atoms with Crippen molar-refractivity contribution in [3.05, 3.63) is 65.7 Å². The van der Waals surface area contributed by atoms with E-state index in [0.29, 0.717) is 12.6 Å². The number of benzene rings is 2. The molecule has 1 aliphatic heterocycles. The van der Waals surface area contributed by atoms with Gasteiger partial charge >= 0.3 is 0 Å². The summed E-state index contributed by atoms with van der Waals surface area (Å²) in [6, 6.07) is 18.8. The lowest BCUT2D eigenvalue weighted by molar-refractivity contribution is 0.340. The summed E-state index contributed by atoms with van der Waals surface area (Å²) in [5.41, 5.74) is 8.24. The molecule has 6 nitrogen and oxygen atoms in total. The van der Waals surface area contributed by atoms with Crippen LogP contribution >= 0.6 is 0 Å². The van der Waals surface area contributed by atoms with Crippen molar-refractivity contribution in [1.82, 2.24) is 14.8 Å². The summed E-state index contributed by atoms with van der Waals surface area (Å²) in [6.45, 7) is 2.64. The molecule has 6 heteroatoms. The van der Waals surface area contributed by atoms with E-state index in [1.807, 2.05) is 29.8 Å². The maximum Gasteiger partial charge on any atom is 0.241 e. The Hall–Kier alpha value is -3.02. The maximum absolute atomic E-state index is 5.84. The van der Waals surface area contributed by atoms with Gasteiger partial charge in [0.1, 0.15) is 5.75 Å². The van der Waals surface area contributed by atoms with Gasteiger partial charge < -0.3 is 15.8 Å². The Bertz CT molecular complexity index is 844. The first-order valence-electron chi connectivity index (χ1n) is 8.51. The maximum atomic E-state index is 5.84. The van der Waals surface area contributed by atoms with E-state index in [-0.39, 0.29) is 18.0 Å². The minimum absolute atomic E-state index is 0.0712. The van der Waals surface area contributed by atoms with Crippen LogP contribution in [0.4, 0.5) is 11.9 Å². The molecule has 0 aliphatic carbocycles. The van der Waals surface area contributed by atoms with Crippen LogP contribution in [0.25, 0.3) is 0 Å². The lowest BCUT2D eigenvalue weighted by Gasteiger charge is -2.31. The van der Waals surface area contributed by atoms with Gasteiger partial charge in [0, 0.05) is 0 Å².